The van der Waals surface area contributed by atoms with Gasteiger partial charge in [-0.2, -0.15) is 10.5 Å². The molecular formula is C18H20N2O4. The minimum atomic E-state index is -0.0342. The number of benzene rings is 1. The number of rotatable bonds is 6. The first-order valence-corrected chi connectivity index (χ1v) is 7.87. The highest BCUT2D eigenvalue weighted by Gasteiger charge is 2.36. The molecule has 0 radical (unpaired) electrons. The van der Waals surface area contributed by atoms with Crippen LogP contribution in [0.1, 0.15) is 25.0 Å². The summed E-state index contributed by atoms with van der Waals surface area (Å²) in [4.78, 5) is 0. The number of hydrogen-bond acceptors (Lipinski definition) is 6. The average molecular weight is 328 g/mol. The zero-order valence-electron chi connectivity index (χ0n) is 13.9. The summed E-state index contributed by atoms with van der Waals surface area (Å²) in [6, 6.07) is 7.52. The lowest BCUT2D eigenvalue weighted by molar-refractivity contribution is -0.120. The van der Waals surface area contributed by atoms with Crippen molar-refractivity contribution >= 4 is 0 Å². The number of nitrogens with zero attached hydrogens (tertiary/aromatic N) is 2. The Labute approximate surface area is 141 Å². The van der Waals surface area contributed by atoms with E-state index in [1.54, 1.807) is 12.1 Å². The predicted octanol–water partition coefficient (Wildman–Crippen LogP) is 2.26. The fraction of sp³-hybridized carbons (Fsp3) is 0.556. The van der Waals surface area contributed by atoms with E-state index < -0.39 is 0 Å². The molecule has 0 amide bonds. The highest BCUT2D eigenvalue weighted by molar-refractivity contribution is 5.60. The molecule has 0 N–H and O–H groups in total. The molecule has 2 fully saturated rings. The Morgan fingerprint density at radius 3 is 1.50 bits per heavy atom. The molecule has 0 aliphatic carbocycles. The molecule has 1 aromatic rings. The molecule has 0 spiro atoms. The van der Waals surface area contributed by atoms with Crippen molar-refractivity contribution in [3.05, 3.63) is 23.3 Å². The molecule has 0 unspecified atom stereocenters. The van der Waals surface area contributed by atoms with Crippen molar-refractivity contribution in [1.29, 1.82) is 10.5 Å². The monoisotopic (exact) mass is 328 g/mol. The van der Waals surface area contributed by atoms with E-state index in [9.17, 15) is 10.5 Å². The first-order valence-electron chi connectivity index (χ1n) is 7.87. The Morgan fingerprint density at radius 2 is 1.25 bits per heavy atom. The van der Waals surface area contributed by atoms with Crippen LogP contribution in [0.3, 0.4) is 0 Å². The molecule has 1 aromatic carbocycles. The lowest BCUT2D eigenvalue weighted by Gasteiger charge is -2.38. The van der Waals surface area contributed by atoms with E-state index in [0.717, 1.165) is 0 Å². The first kappa shape index (κ1) is 16.6. The zero-order chi connectivity index (χ0) is 17.2. The molecular weight excluding hydrogens is 308 g/mol. The van der Waals surface area contributed by atoms with Crippen LogP contribution in [0.2, 0.25) is 0 Å². The fourth-order valence-corrected chi connectivity index (χ4v) is 2.60. The predicted molar refractivity (Wildman–Crippen MR) is 84.7 cm³/mol. The smallest absolute Gasteiger partial charge is 0.138 e. The molecule has 6 heteroatoms. The van der Waals surface area contributed by atoms with Gasteiger partial charge in [0.05, 0.1) is 39.6 Å². The van der Waals surface area contributed by atoms with Crippen LogP contribution in [0.5, 0.6) is 11.5 Å². The fourth-order valence-electron chi connectivity index (χ4n) is 2.60. The molecule has 0 atom stereocenters. The molecule has 0 saturated carbocycles. The third-order valence-electron chi connectivity index (χ3n) is 4.31. The van der Waals surface area contributed by atoms with E-state index in [2.05, 4.69) is 26.0 Å². The number of hydrogen-bond donors (Lipinski definition) is 0. The number of ether oxygens (including phenoxy) is 4. The Kier molecular flexibility index (Phi) is 4.36. The Balaban J connectivity index is 1.76. The summed E-state index contributed by atoms with van der Waals surface area (Å²) < 4.78 is 22.0. The maximum absolute atomic E-state index is 9.46. The van der Waals surface area contributed by atoms with Crippen molar-refractivity contribution in [3.63, 3.8) is 0 Å². The molecule has 3 rings (SSSR count). The number of nitriles is 2. The van der Waals surface area contributed by atoms with Gasteiger partial charge in [0.1, 0.15) is 34.8 Å². The van der Waals surface area contributed by atoms with Crippen LogP contribution in [0.25, 0.3) is 0 Å². The third kappa shape index (κ3) is 3.17. The topological polar surface area (TPSA) is 84.5 Å². The summed E-state index contributed by atoms with van der Waals surface area (Å²) in [6.45, 7) is 7.58. The van der Waals surface area contributed by atoms with Gasteiger partial charge in [0.2, 0.25) is 0 Å². The van der Waals surface area contributed by atoms with Crippen LogP contribution < -0.4 is 9.47 Å². The van der Waals surface area contributed by atoms with E-state index >= 15 is 0 Å². The Morgan fingerprint density at radius 1 is 0.875 bits per heavy atom. The van der Waals surface area contributed by atoms with Gasteiger partial charge in [-0.25, -0.2) is 0 Å². The zero-order valence-corrected chi connectivity index (χ0v) is 13.9. The van der Waals surface area contributed by atoms with Crippen LogP contribution >= 0.6 is 0 Å². The normalized spacial score (nSPS) is 20.0. The summed E-state index contributed by atoms with van der Waals surface area (Å²) in [5.74, 6) is 0.820. The Hall–Kier alpha value is -2.28. The van der Waals surface area contributed by atoms with Gasteiger partial charge in [0.25, 0.3) is 0 Å². The highest BCUT2D eigenvalue weighted by atomic mass is 16.5. The lowest BCUT2D eigenvalue weighted by atomic mass is 9.90. The summed E-state index contributed by atoms with van der Waals surface area (Å²) in [5, 5.41) is 18.9. The van der Waals surface area contributed by atoms with Crippen LogP contribution in [0.15, 0.2) is 12.1 Å². The van der Waals surface area contributed by atoms with Crippen LogP contribution in [-0.4, -0.2) is 39.6 Å². The molecule has 6 nitrogen and oxygen atoms in total. The van der Waals surface area contributed by atoms with E-state index in [-0.39, 0.29) is 22.0 Å². The van der Waals surface area contributed by atoms with Crippen molar-refractivity contribution in [1.82, 2.24) is 0 Å². The quantitative estimate of drug-likeness (QED) is 0.796. The second-order valence-corrected chi connectivity index (χ2v) is 7.22. The summed E-state index contributed by atoms with van der Waals surface area (Å²) in [7, 11) is 0. The Bertz CT molecular complexity index is 648. The second-order valence-electron chi connectivity index (χ2n) is 7.22. The van der Waals surface area contributed by atoms with Crippen molar-refractivity contribution < 1.29 is 18.9 Å². The SMILES string of the molecule is CC1(COc2ccc(OCC3(C)COC3)c(C#N)c2C#N)COC1. The molecule has 2 aliphatic rings. The van der Waals surface area contributed by atoms with Crippen molar-refractivity contribution in [2.24, 2.45) is 10.8 Å². The van der Waals surface area contributed by atoms with Crippen LogP contribution in [0, 0.1) is 33.5 Å². The summed E-state index contributed by atoms with van der Waals surface area (Å²) >= 11 is 0. The van der Waals surface area contributed by atoms with E-state index in [1.165, 1.54) is 0 Å². The maximum Gasteiger partial charge on any atom is 0.138 e. The average Bonchev–Trinajstić information content (AvgIpc) is 2.54. The summed E-state index contributed by atoms with van der Waals surface area (Å²) in [5.41, 5.74) is 0.365. The molecule has 0 bridgehead atoms. The molecule has 2 saturated heterocycles. The lowest BCUT2D eigenvalue weighted by Crippen LogP contribution is -2.44. The van der Waals surface area contributed by atoms with Crippen LogP contribution in [-0.2, 0) is 9.47 Å². The molecule has 2 aliphatic heterocycles. The minimum absolute atomic E-state index is 0.0342. The van der Waals surface area contributed by atoms with Crippen LogP contribution in [0.4, 0.5) is 0 Å². The standard InChI is InChI=1S/C18H20N2O4/c1-17(7-21-8-17)11-23-15-3-4-16(14(6-20)13(15)5-19)24-12-18(2)9-22-10-18/h3-4H,7-12H2,1-2H3. The molecule has 2 heterocycles. The van der Waals surface area contributed by atoms with Crippen molar-refractivity contribution in [2.75, 3.05) is 39.6 Å². The maximum atomic E-state index is 9.46. The van der Waals surface area contributed by atoms with Gasteiger partial charge >= 0.3 is 0 Å². The van der Waals surface area contributed by atoms with Gasteiger partial charge in [-0.3, -0.25) is 0 Å². The van der Waals surface area contributed by atoms with Crippen molar-refractivity contribution in [3.8, 4) is 23.6 Å². The van der Waals surface area contributed by atoms with E-state index in [1.807, 2.05) is 0 Å². The van der Waals surface area contributed by atoms with Gasteiger partial charge in [0, 0.05) is 10.8 Å². The third-order valence-corrected chi connectivity index (χ3v) is 4.31. The van der Waals surface area contributed by atoms with Crippen molar-refractivity contribution in [2.45, 2.75) is 13.8 Å². The highest BCUT2D eigenvalue weighted by Crippen LogP contribution is 2.34. The van der Waals surface area contributed by atoms with E-state index in [0.29, 0.717) is 51.1 Å². The molecule has 0 aromatic heterocycles. The van der Waals surface area contributed by atoms with Gasteiger partial charge in [-0.15, -0.1) is 0 Å². The molecule has 24 heavy (non-hydrogen) atoms. The minimum Gasteiger partial charge on any atom is -0.491 e. The summed E-state index contributed by atoms with van der Waals surface area (Å²) in [6.07, 6.45) is 0. The van der Waals surface area contributed by atoms with E-state index in [4.69, 9.17) is 18.9 Å². The van der Waals surface area contributed by atoms with Gasteiger partial charge in [0.15, 0.2) is 0 Å². The van der Waals surface area contributed by atoms with Gasteiger partial charge < -0.3 is 18.9 Å². The molecule has 126 valence electrons. The van der Waals surface area contributed by atoms with Gasteiger partial charge in [-0.1, -0.05) is 13.8 Å². The second kappa shape index (κ2) is 6.32. The first-order chi connectivity index (χ1) is 11.5. The largest absolute Gasteiger partial charge is 0.491 e. The van der Waals surface area contributed by atoms with Gasteiger partial charge in [-0.05, 0) is 12.1 Å².